The average molecular weight is 515 g/mol. The van der Waals surface area contributed by atoms with Crippen LogP contribution < -0.4 is 0 Å². The van der Waals surface area contributed by atoms with Crippen LogP contribution in [0.3, 0.4) is 0 Å². The number of oxazole rings is 1. The van der Waals surface area contributed by atoms with E-state index in [0.717, 1.165) is 30.4 Å². The van der Waals surface area contributed by atoms with Crippen molar-refractivity contribution in [2.24, 2.45) is 0 Å². The molecule has 1 fully saturated rings. The van der Waals surface area contributed by atoms with E-state index in [1.165, 1.54) is 12.3 Å². The maximum absolute atomic E-state index is 14.3. The van der Waals surface area contributed by atoms with E-state index < -0.39 is 34.5 Å². The van der Waals surface area contributed by atoms with Gasteiger partial charge in [-0.05, 0) is 55.9 Å². The lowest BCUT2D eigenvalue weighted by Gasteiger charge is -2.26. The van der Waals surface area contributed by atoms with Crippen molar-refractivity contribution in [2.45, 2.75) is 49.3 Å². The summed E-state index contributed by atoms with van der Waals surface area (Å²) in [5, 5.41) is 18.4. The zero-order chi connectivity index (χ0) is 26.2. The van der Waals surface area contributed by atoms with Gasteiger partial charge < -0.3 is 9.52 Å². The third-order valence-electron chi connectivity index (χ3n) is 7.35. The second kappa shape index (κ2) is 7.85. The minimum Gasteiger partial charge on any atom is -0.443 e. The number of halogens is 5. The van der Waals surface area contributed by atoms with E-state index in [1.54, 1.807) is 12.3 Å². The first kappa shape index (κ1) is 23.6. The van der Waals surface area contributed by atoms with Gasteiger partial charge in [0, 0.05) is 6.20 Å². The van der Waals surface area contributed by atoms with Crippen LogP contribution in [0.1, 0.15) is 54.7 Å². The Morgan fingerprint density at radius 1 is 1.05 bits per heavy atom. The summed E-state index contributed by atoms with van der Waals surface area (Å²) in [4.78, 5) is 12.6. The summed E-state index contributed by atoms with van der Waals surface area (Å²) in [6.45, 7) is 0.587. The number of hydrogen-bond donors (Lipinski definition) is 1. The van der Waals surface area contributed by atoms with Crippen LogP contribution in [-0.2, 0) is 11.0 Å². The fourth-order valence-electron chi connectivity index (χ4n) is 5.29. The lowest BCUT2D eigenvalue weighted by Crippen LogP contribution is -2.39. The van der Waals surface area contributed by atoms with E-state index in [4.69, 9.17) is 4.42 Å². The number of hydrogen-bond acceptors (Lipinski definition) is 7. The number of nitrogens with zero attached hydrogens (tertiary/aromatic N) is 5. The third kappa shape index (κ3) is 3.45. The van der Waals surface area contributed by atoms with Gasteiger partial charge >= 0.3 is 6.18 Å². The Morgan fingerprint density at radius 2 is 1.81 bits per heavy atom. The molecule has 12 heteroatoms. The van der Waals surface area contributed by atoms with Crippen LogP contribution >= 0.6 is 0 Å². The fraction of sp³-hybridized carbons (Fsp3) is 0.320. The largest absolute Gasteiger partial charge is 0.443 e. The van der Waals surface area contributed by atoms with Gasteiger partial charge in [0.2, 0.25) is 11.5 Å². The molecule has 37 heavy (non-hydrogen) atoms. The van der Waals surface area contributed by atoms with Crippen LogP contribution in [0.25, 0.3) is 22.8 Å². The number of fused-ring (bicyclic) bond motifs is 5. The summed E-state index contributed by atoms with van der Waals surface area (Å²) in [6, 6.07) is 5.25. The van der Waals surface area contributed by atoms with E-state index in [0.29, 0.717) is 31.2 Å². The zero-order valence-corrected chi connectivity index (χ0v) is 19.2. The number of benzene rings is 1. The highest BCUT2D eigenvalue weighted by Crippen LogP contribution is 2.59. The third-order valence-corrected chi connectivity index (χ3v) is 7.35. The van der Waals surface area contributed by atoms with Crippen molar-refractivity contribution in [1.29, 1.82) is 0 Å². The average Bonchev–Trinajstić information content (AvgIpc) is 3.59. The van der Waals surface area contributed by atoms with Gasteiger partial charge in [-0.3, -0.25) is 4.98 Å². The summed E-state index contributed by atoms with van der Waals surface area (Å²) in [7, 11) is 0. The molecule has 1 unspecified atom stereocenters. The normalized spacial score (nSPS) is 22.2. The summed E-state index contributed by atoms with van der Waals surface area (Å²) in [5.74, 6) is -1.63. The number of aromatic nitrogens is 5. The van der Waals surface area contributed by atoms with Crippen LogP contribution in [0.2, 0.25) is 0 Å². The molecule has 0 saturated heterocycles. The molecule has 3 aromatic heterocycles. The Balaban J connectivity index is 1.39. The van der Waals surface area contributed by atoms with Crippen LogP contribution in [0.5, 0.6) is 0 Å². The molecule has 1 saturated carbocycles. The number of alkyl halides is 3. The van der Waals surface area contributed by atoms with Crippen molar-refractivity contribution in [3.63, 3.8) is 0 Å². The second-order valence-corrected chi connectivity index (χ2v) is 9.55. The topological polar surface area (TPSA) is 97.8 Å². The number of aliphatic hydroxyl groups is 1. The molecule has 1 aromatic carbocycles. The Hall–Kier alpha value is -3.80. The van der Waals surface area contributed by atoms with E-state index in [2.05, 4.69) is 25.1 Å². The van der Waals surface area contributed by atoms with Gasteiger partial charge in [0.1, 0.15) is 29.3 Å². The maximum atomic E-state index is 14.3. The molecule has 0 amide bonds. The van der Waals surface area contributed by atoms with E-state index >= 15 is 0 Å². The first-order valence-corrected chi connectivity index (χ1v) is 11.4. The van der Waals surface area contributed by atoms with Crippen LogP contribution in [0.15, 0.2) is 47.3 Å². The van der Waals surface area contributed by atoms with E-state index in [1.807, 2.05) is 0 Å². The predicted molar refractivity (Wildman–Crippen MR) is 118 cm³/mol. The SMILES string of the molecule is CC(O)(c1coc(-c2cncc([C@]34CC[C@H](C3)c3cc(-c5c(F)cccc5F)nnc34)n2)n1)C(F)(F)F. The Bertz CT molecular complexity index is 1520. The van der Waals surface area contributed by atoms with Crippen molar-refractivity contribution < 1.29 is 31.5 Å². The minimum absolute atomic E-state index is 0.0692. The summed E-state index contributed by atoms with van der Waals surface area (Å²) in [5.41, 5.74) is -2.67. The van der Waals surface area contributed by atoms with Crippen molar-refractivity contribution in [3.8, 4) is 22.8 Å². The van der Waals surface area contributed by atoms with Gasteiger partial charge in [0.25, 0.3) is 0 Å². The molecule has 4 aromatic rings. The summed E-state index contributed by atoms with van der Waals surface area (Å²) >= 11 is 0. The summed E-state index contributed by atoms with van der Waals surface area (Å²) < 4.78 is 73.5. The fourth-order valence-corrected chi connectivity index (χ4v) is 5.29. The van der Waals surface area contributed by atoms with Gasteiger partial charge in [-0.1, -0.05) is 6.07 Å². The highest BCUT2D eigenvalue weighted by atomic mass is 19.4. The van der Waals surface area contributed by atoms with Crippen LogP contribution in [-0.4, -0.2) is 36.4 Å². The molecule has 2 aliphatic rings. The molecule has 1 N–H and O–H groups in total. The van der Waals surface area contributed by atoms with Crippen molar-refractivity contribution >= 4 is 0 Å². The highest BCUT2D eigenvalue weighted by Gasteiger charge is 2.54. The first-order valence-electron chi connectivity index (χ1n) is 11.4. The molecule has 3 atom stereocenters. The van der Waals surface area contributed by atoms with E-state index in [-0.39, 0.29) is 28.8 Å². The first-order chi connectivity index (χ1) is 17.5. The van der Waals surface area contributed by atoms with Crippen LogP contribution in [0.4, 0.5) is 22.0 Å². The Morgan fingerprint density at radius 3 is 2.54 bits per heavy atom. The Kier molecular flexibility index (Phi) is 5.00. The van der Waals surface area contributed by atoms with Gasteiger partial charge in [-0.25, -0.2) is 18.7 Å². The lowest BCUT2D eigenvalue weighted by atomic mass is 9.80. The van der Waals surface area contributed by atoms with Gasteiger partial charge in [0.05, 0.1) is 34.3 Å². The predicted octanol–water partition coefficient (Wildman–Crippen LogP) is 5.20. The summed E-state index contributed by atoms with van der Waals surface area (Å²) in [6.07, 6.45) is 0.701. The molecule has 7 nitrogen and oxygen atoms in total. The lowest BCUT2D eigenvalue weighted by molar-refractivity contribution is -0.260. The highest BCUT2D eigenvalue weighted by molar-refractivity contribution is 5.63. The van der Waals surface area contributed by atoms with Crippen molar-refractivity contribution in [1.82, 2.24) is 25.1 Å². The number of rotatable bonds is 4. The standard InChI is InChI=1S/C25H18F5N5O2/c1-23(36,25(28,29)30)19-11-37-22(33-19)17-9-31-10-18(32-17)24-6-5-12(8-24)13-7-16(34-35-21(13)24)20-14(26)3-2-4-15(20)27/h2-4,7,9-12,36H,5-6,8H2,1H3/t12-,23?,24+/m1/s1. The van der Waals surface area contributed by atoms with Crippen molar-refractivity contribution in [2.75, 3.05) is 0 Å². The Labute approximate surface area is 206 Å². The molecule has 190 valence electrons. The smallest absolute Gasteiger partial charge is 0.422 e. The minimum atomic E-state index is -4.96. The molecule has 0 radical (unpaired) electrons. The van der Waals surface area contributed by atoms with Gasteiger partial charge in [-0.2, -0.15) is 18.3 Å². The molecule has 2 bridgehead atoms. The quantitative estimate of drug-likeness (QED) is 0.373. The zero-order valence-electron chi connectivity index (χ0n) is 19.2. The molecule has 0 aliphatic heterocycles. The molecular weight excluding hydrogens is 497 g/mol. The van der Waals surface area contributed by atoms with Crippen molar-refractivity contribution in [3.05, 3.63) is 77.2 Å². The van der Waals surface area contributed by atoms with Crippen LogP contribution in [0, 0.1) is 11.6 Å². The second-order valence-electron chi connectivity index (χ2n) is 9.55. The molecule has 2 aliphatic carbocycles. The van der Waals surface area contributed by atoms with Gasteiger partial charge in [-0.15, -0.1) is 5.10 Å². The van der Waals surface area contributed by atoms with E-state index in [9.17, 15) is 27.1 Å². The van der Waals surface area contributed by atoms with Gasteiger partial charge in [0.15, 0.2) is 0 Å². The monoisotopic (exact) mass is 515 g/mol. The molecule has 6 rings (SSSR count). The molecule has 0 spiro atoms. The molecular formula is C25H18F5N5O2. The molecule has 3 heterocycles. The maximum Gasteiger partial charge on any atom is 0.422 e.